The van der Waals surface area contributed by atoms with Gasteiger partial charge in [0.05, 0.1) is 16.3 Å². The Morgan fingerprint density at radius 3 is 2.58 bits per heavy atom. The number of aryl methyl sites for hydroxylation is 1. The Kier molecular flexibility index (Phi) is 4.67. The molecular weight excluding hydrogens is 368 g/mol. The van der Waals surface area contributed by atoms with Crippen molar-refractivity contribution in [3.05, 3.63) is 63.1 Å². The fraction of sp³-hybridized carbons (Fsp3) is 0.188. The topological polar surface area (TPSA) is 59.0 Å². The number of hydrogen-bond acceptors (Lipinski definition) is 5. The predicted molar refractivity (Wildman–Crippen MR) is 95.8 cm³/mol. The van der Waals surface area contributed by atoms with Crippen molar-refractivity contribution in [3.8, 4) is 0 Å². The molecule has 0 saturated heterocycles. The molecule has 0 atom stereocenters. The molecular formula is C16H15ClN2O3S2. The van der Waals surface area contributed by atoms with Gasteiger partial charge >= 0.3 is 0 Å². The molecule has 0 saturated carbocycles. The molecule has 0 N–H and O–H groups in total. The summed E-state index contributed by atoms with van der Waals surface area (Å²) in [5.74, 6) is 0.450. The molecule has 1 aliphatic heterocycles. The Morgan fingerprint density at radius 1 is 1.25 bits per heavy atom. The van der Waals surface area contributed by atoms with Gasteiger partial charge in [-0.2, -0.15) is 0 Å². The summed E-state index contributed by atoms with van der Waals surface area (Å²) in [4.78, 5) is 5.24. The van der Waals surface area contributed by atoms with Crippen molar-refractivity contribution in [2.75, 3.05) is 13.6 Å². The lowest BCUT2D eigenvalue weighted by Crippen LogP contribution is -2.31. The van der Waals surface area contributed by atoms with Crippen LogP contribution >= 0.6 is 22.9 Å². The van der Waals surface area contributed by atoms with Crippen molar-refractivity contribution >= 4 is 38.9 Å². The smallest absolute Gasteiger partial charge is 0.266 e. The van der Waals surface area contributed by atoms with Crippen LogP contribution in [0.1, 0.15) is 10.4 Å². The van der Waals surface area contributed by atoms with Crippen molar-refractivity contribution in [2.24, 2.45) is 4.99 Å². The van der Waals surface area contributed by atoms with Crippen LogP contribution < -0.4 is 0 Å². The molecule has 0 aliphatic carbocycles. The Labute approximate surface area is 149 Å². The fourth-order valence-corrected chi connectivity index (χ4v) is 4.23. The Hall–Kier alpha value is -1.83. The second kappa shape index (κ2) is 6.58. The highest BCUT2D eigenvalue weighted by molar-refractivity contribution is 7.89. The van der Waals surface area contributed by atoms with E-state index in [1.54, 1.807) is 24.3 Å². The van der Waals surface area contributed by atoms with Gasteiger partial charge in [0.25, 0.3) is 10.0 Å². The first kappa shape index (κ1) is 17.0. The van der Waals surface area contributed by atoms with Crippen LogP contribution in [0.4, 0.5) is 0 Å². The normalized spacial score (nSPS) is 15.0. The third kappa shape index (κ3) is 3.19. The van der Waals surface area contributed by atoms with Gasteiger partial charge in [-0.05, 0) is 30.5 Å². The molecule has 0 unspecified atom stereocenters. The summed E-state index contributed by atoms with van der Waals surface area (Å²) in [6.45, 7) is 2.07. The number of ether oxygens (including phenoxy) is 1. The summed E-state index contributed by atoms with van der Waals surface area (Å²) >= 11 is 7.63. The highest BCUT2D eigenvalue weighted by Crippen LogP contribution is 2.28. The van der Waals surface area contributed by atoms with E-state index in [9.17, 15) is 8.42 Å². The maximum Gasteiger partial charge on any atom is 0.266 e. The summed E-state index contributed by atoms with van der Waals surface area (Å²) in [5.41, 5.74) is 0.981. The average Bonchev–Trinajstić information content (AvgIpc) is 3.09. The predicted octanol–water partition coefficient (Wildman–Crippen LogP) is 3.56. The van der Waals surface area contributed by atoms with E-state index in [0.717, 1.165) is 14.7 Å². The van der Waals surface area contributed by atoms with Crippen LogP contribution in [0, 0.1) is 6.92 Å². The molecule has 2 aromatic rings. The van der Waals surface area contributed by atoms with Gasteiger partial charge in [0.1, 0.15) is 5.03 Å². The first-order chi connectivity index (χ1) is 11.4. The number of aliphatic imine (C=N–C) groups is 1. The molecule has 1 aromatic carbocycles. The van der Waals surface area contributed by atoms with Crippen LogP contribution in [0.2, 0.25) is 0 Å². The van der Waals surface area contributed by atoms with Gasteiger partial charge in [-0.3, -0.25) is 0 Å². The fourth-order valence-electron chi connectivity index (χ4n) is 2.13. The summed E-state index contributed by atoms with van der Waals surface area (Å²) < 4.78 is 32.3. The lowest BCUT2D eigenvalue weighted by molar-refractivity contribution is 0.303. The van der Waals surface area contributed by atoms with Crippen molar-refractivity contribution in [3.63, 3.8) is 0 Å². The molecule has 5 nitrogen and oxygen atoms in total. The van der Waals surface area contributed by atoms with E-state index in [1.807, 2.05) is 24.4 Å². The molecule has 24 heavy (non-hydrogen) atoms. The van der Waals surface area contributed by atoms with Gasteiger partial charge in [-0.1, -0.05) is 35.4 Å². The third-order valence-corrected chi connectivity index (χ3v) is 6.38. The van der Waals surface area contributed by atoms with Crippen LogP contribution in [0.25, 0.3) is 0 Å². The van der Waals surface area contributed by atoms with Gasteiger partial charge < -0.3 is 4.74 Å². The minimum atomic E-state index is -3.77. The molecule has 0 fully saturated rings. The number of nitrogens with zero attached hydrogens (tertiary/aromatic N) is 2. The molecule has 0 radical (unpaired) electrons. The van der Waals surface area contributed by atoms with E-state index in [1.165, 1.54) is 18.4 Å². The van der Waals surface area contributed by atoms with Crippen LogP contribution in [-0.4, -0.2) is 32.2 Å². The van der Waals surface area contributed by atoms with Crippen molar-refractivity contribution in [1.82, 2.24) is 4.31 Å². The Morgan fingerprint density at radius 2 is 1.96 bits per heavy atom. The summed E-state index contributed by atoms with van der Waals surface area (Å²) in [5, 5.41) is 2.14. The number of thiophene rings is 1. The van der Waals surface area contributed by atoms with E-state index in [-0.39, 0.29) is 22.4 Å². The van der Waals surface area contributed by atoms with Crippen LogP contribution in [0.3, 0.4) is 0 Å². The number of sulfonamides is 1. The summed E-state index contributed by atoms with van der Waals surface area (Å²) in [6.07, 6.45) is 0. The van der Waals surface area contributed by atoms with Crippen LogP contribution in [0.15, 0.2) is 62.6 Å². The van der Waals surface area contributed by atoms with Gasteiger partial charge in [0.15, 0.2) is 0 Å². The standard InChI is InChI=1S/C16H15ClN2O3S2/c1-11-5-7-12(8-6-11)24(20,21)19(2)16-13(17)10-18-15(22-16)14-4-3-9-23-14/h3-9H,10H2,1-2H3. The molecule has 0 spiro atoms. The van der Waals surface area contributed by atoms with Crippen molar-refractivity contribution < 1.29 is 13.2 Å². The van der Waals surface area contributed by atoms with Crippen molar-refractivity contribution in [2.45, 2.75) is 11.8 Å². The van der Waals surface area contributed by atoms with E-state index < -0.39 is 10.0 Å². The Balaban J connectivity index is 1.91. The van der Waals surface area contributed by atoms with E-state index >= 15 is 0 Å². The van der Waals surface area contributed by atoms with Gasteiger partial charge in [0.2, 0.25) is 11.8 Å². The van der Waals surface area contributed by atoms with E-state index in [0.29, 0.717) is 5.90 Å². The lowest BCUT2D eigenvalue weighted by atomic mass is 10.2. The minimum absolute atomic E-state index is 0.0793. The molecule has 3 rings (SSSR count). The van der Waals surface area contributed by atoms with Gasteiger partial charge in [0, 0.05) is 7.05 Å². The molecule has 1 aromatic heterocycles. The summed E-state index contributed by atoms with van der Waals surface area (Å²) in [7, 11) is -2.35. The highest BCUT2D eigenvalue weighted by Gasteiger charge is 2.29. The maximum absolute atomic E-state index is 12.8. The van der Waals surface area contributed by atoms with E-state index in [2.05, 4.69) is 4.99 Å². The van der Waals surface area contributed by atoms with Crippen LogP contribution in [0.5, 0.6) is 0 Å². The number of hydrogen-bond donors (Lipinski definition) is 0. The van der Waals surface area contributed by atoms with Gasteiger partial charge in [-0.15, -0.1) is 11.3 Å². The monoisotopic (exact) mass is 382 g/mol. The van der Waals surface area contributed by atoms with Crippen molar-refractivity contribution in [1.29, 1.82) is 0 Å². The molecule has 8 heteroatoms. The number of benzene rings is 1. The maximum atomic E-state index is 12.8. The number of halogens is 1. The molecule has 0 bridgehead atoms. The quantitative estimate of drug-likeness (QED) is 0.812. The molecule has 126 valence electrons. The zero-order valence-electron chi connectivity index (χ0n) is 13.1. The average molecular weight is 383 g/mol. The van der Waals surface area contributed by atoms with Gasteiger partial charge in [-0.25, -0.2) is 17.7 Å². The SMILES string of the molecule is Cc1ccc(S(=O)(=O)N(C)C2=C(Cl)CN=C(c3cccs3)O2)cc1. The second-order valence-corrected chi connectivity index (χ2v) is 8.57. The molecule has 1 aliphatic rings. The second-order valence-electron chi connectivity index (χ2n) is 5.20. The Bertz CT molecular complexity index is 901. The minimum Gasteiger partial charge on any atom is -0.419 e. The number of rotatable bonds is 4. The first-order valence-electron chi connectivity index (χ1n) is 7.10. The molecule has 2 heterocycles. The zero-order chi connectivity index (χ0) is 17.3. The lowest BCUT2D eigenvalue weighted by Gasteiger charge is -2.25. The largest absolute Gasteiger partial charge is 0.419 e. The van der Waals surface area contributed by atoms with Crippen LogP contribution in [-0.2, 0) is 14.8 Å². The van der Waals surface area contributed by atoms with E-state index in [4.69, 9.17) is 16.3 Å². The molecule has 0 amide bonds. The summed E-state index contributed by atoms with van der Waals surface area (Å²) in [6, 6.07) is 10.3. The highest BCUT2D eigenvalue weighted by atomic mass is 35.5. The zero-order valence-corrected chi connectivity index (χ0v) is 15.5. The third-order valence-electron chi connectivity index (χ3n) is 3.48. The first-order valence-corrected chi connectivity index (χ1v) is 9.80.